The molecule has 2 aromatic rings. The fourth-order valence-electron chi connectivity index (χ4n) is 1.27. The number of rotatable bonds is 1. The highest BCUT2D eigenvalue weighted by molar-refractivity contribution is 9.11. The van der Waals surface area contributed by atoms with Gasteiger partial charge in [0.1, 0.15) is 0 Å². The molecular weight excluding hydrogens is 328 g/mol. The Morgan fingerprint density at radius 1 is 1.27 bits per heavy atom. The van der Waals surface area contributed by atoms with E-state index >= 15 is 0 Å². The first kappa shape index (κ1) is 10.5. The lowest BCUT2D eigenvalue weighted by atomic mass is 10.2. The van der Waals surface area contributed by atoms with E-state index < -0.39 is 4.92 Å². The summed E-state index contributed by atoms with van der Waals surface area (Å²) in [6, 6.07) is 4.74. The van der Waals surface area contributed by atoms with E-state index in [2.05, 4.69) is 36.8 Å². The third-order valence-electron chi connectivity index (χ3n) is 1.90. The summed E-state index contributed by atoms with van der Waals surface area (Å²) in [5.41, 5.74) is 0.762. The summed E-state index contributed by atoms with van der Waals surface area (Å²) < 4.78 is 1.42. The standard InChI is InChI=1S/C9H4Br2N2O2/c10-6-1-5-2-7(13(14)15)3-8(11)9(5)12-4-6/h1-4H. The summed E-state index contributed by atoms with van der Waals surface area (Å²) in [5, 5.41) is 11.4. The highest BCUT2D eigenvalue weighted by atomic mass is 79.9. The first-order valence-corrected chi connectivity index (χ1v) is 5.56. The van der Waals surface area contributed by atoms with Gasteiger partial charge in [-0.05, 0) is 37.9 Å². The van der Waals surface area contributed by atoms with Crippen LogP contribution in [0.5, 0.6) is 0 Å². The van der Waals surface area contributed by atoms with Gasteiger partial charge in [0.15, 0.2) is 0 Å². The Morgan fingerprint density at radius 2 is 2.00 bits per heavy atom. The predicted molar refractivity (Wildman–Crippen MR) is 63.8 cm³/mol. The molecule has 1 aromatic carbocycles. The van der Waals surface area contributed by atoms with E-state index in [-0.39, 0.29) is 5.69 Å². The second-order valence-corrected chi connectivity index (χ2v) is 4.68. The normalized spacial score (nSPS) is 10.5. The first-order valence-electron chi connectivity index (χ1n) is 3.97. The zero-order chi connectivity index (χ0) is 11.0. The summed E-state index contributed by atoms with van der Waals surface area (Å²) in [7, 11) is 0. The maximum atomic E-state index is 10.6. The summed E-state index contributed by atoms with van der Waals surface area (Å²) in [5.74, 6) is 0. The average Bonchev–Trinajstić information content (AvgIpc) is 2.16. The highest BCUT2D eigenvalue weighted by Gasteiger charge is 2.10. The molecule has 0 unspecified atom stereocenters. The van der Waals surface area contributed by atoms with Gasteiger partial charge in [-0.3, -0.25) is 15.1 Å². The van der Waals surface area contributed by atoms with Gasteiger partial charge < -0.3 is 0 Å². The number of nitro benzene ring substituents is 1. The van der Waals surface area contributed by atoms with Crippen molar-refractivity contribution in [3.05, 3.63) is 43.5 Å². The first-order chi connectivity index (χ1) is 7.08. The molecule has 0 aliphatic heterocycles. The quantitative estimate of drug-likeness (QED) is 0.591. The molecule has 0 radical (unpaired) electrons. The van der Waals surface area contributed by atoms with Crippen molar-refractivity contribution in [3.63, 3.8) is 0 Å². The smallest absolute Gasteiger partial charge is 0.258 e. The number of halogens is 2. The van der Waals surface area contributed by atoms with E-state index in [4.69, 9.17) is 0 Å². The summed E-state index contributed by atoms with van der Waals surface area (Å²) in [6.07, 6.45) is 1.65. The lowest BCUT2D eigenvalue weighted by molar-refractivity contribution is -0.384. The lowest BCUT2D eigenvalue weighted by Gasteiger charge is -2.00. The van der Waals surface area contributed by atoms with Gasteiger partial charge in [-0.2, -0.15) is 0 Å². The number of pyridine rings is 1. The van der Waals surface area contributed by atoms with Crippen LogP contribution in [0.4, 0.5) is 5.69 Å². The van der Waals surface area contributed by atoms with Crippen LogP contribution in [0.25, 0.3) is 10.9 Å². The molecule has 0 amide bonds. The minimum absolute atomic E-state index is 0.0503. The molecule has 0 N–H and O–H groups in total. The molecule has 0 atom stereocenters. The molecule has 0 aliphatic carbocycles. The van der Waals surface area contributed by atoms with Crippen molar-refractivity contribution in [2.24, 2.45) is 0 Å². The van der Waals surface area contributed by atoms with E-state index in [0.717, 1.165) is 9.86 Å². The molecule has 6 heteroatoms. The van der Waals surface area contributed by atoms with E-state index in [0.29, 0.717) is 9.99 Å². The minimum atomic E-state index is -0.425. The maximum Gasteiger partial charge on any atom is 0.271 e. The summed E-state index contributed by atoms with van der Waals surface area (Å²) in [6.45, 7) is 0. The van der Waals surface area contributed by atoms with Crippen LogP contribution in [0.3, 0.4) is 0 Å². The van der Waals surface area contributed by atoms with Crippen molar-refractivity contribution in [2.45, 2.75) is 0 Å². The Bertz CT molecular complexity index is 557. The van der Waals surface area contributed by atoms with Crippen LogP contribution in [0.2, 0.25) is 0 Å². The van der Waals surface area contributed by atoms with Crippen LogP contribution in [-0.4, -0.2) is 9.91 Å². The molecule has 1 heterocycles. The van der Waals surface area contributed by atoms with Gasteiger partial charge in [0.05, 0.1) is 14.9 Å². The Morgan fingerprint density at radius 3 is 2.67 bits per heavy atom. The fourth-order valence-corrected chi connectivity index (χ4v) is 2.18. The zero-order valence-electron chi connectivity index (χ0n) is 7.28. The van der Waals surface area contributed by atoms with Gasteiger partial charge in [-0.1, -0.05) is 0 Å². The topological polar surface area (TPSA) is 56.0 Å². The molecule has 0 saturated carbocycles. The Balaban J connectivity index is 2.79. The summed E-state index contributed by atoms with van der Waals surface area (Å²) in [4.78, 5) is 14.4. The van der Waals surface area contributed by atoms with Gasteiger partial charge in [0.2, 0.25) is 0 Å². The second kappa shape index (κ2) is 3.86. The molecule has 2 rings (SSSR count). The molecule has 76 valence electrons. The van der Waals surface area contributed by atoms with Gasteiger partial charge in [0, 0.05) is 28.2 Å². The van der Waals surface area contributed by atoms with E-state index in [1.54, 1.807) is 12.3 Å². The number of nitrogens with zero attached hydrogens (tertiary/aromatic N) is 2. The molecule has 0 fully saturated rings. The summed E-state index contributed by atoms with van der Waals surface area (Å²) >= 11 is 6.53. The van der Waals surface area contributed by atoms with Crippen LogP contribution >= 0.6 is 31.9 Å². The van der Waals surface area contributed by atoms with Gasteiger partial charge in [-0.15, -0.1) is 0 Å². The van der Waals surface area contributed by atoms with E-state index in [1.165, 1.54) is 12.1 Å². The highest BCUT2D eigenvalue weighted by Crippen LogP contribution is 2.29. The van der Waals surface area contributed by atoms with Crippen LogP contribution in [0, 0.1) is 10.1 Å². The molecule has 0 aliphatic rings. The molecule has 0 spiro atoms. The largest absolute Gasteiger partial charge is 0.271 e. The average molecular weight is 332 g/mol. The molecular formula is C9H4Br2N2O2. The minimum Gasteiger partial charge on any atom is -0.258 e. The number of benzene rings is 1. The van der Waals surface area contributed by atoms with Crippen LogP contribution in [0.1, 0.15) is 0 Å². The number of fused-ring (bicyclic) bond motifs is 1. The second-order valence-electron chi connectivity index (χ2n) is 2.91. The Kier molecular flexibility index (Phi) is 2.70. The molecule has 0 bridgehead atoms. The van der Waals surface area contributed by atoms with Crippen molar-refractivity contribution in [3.8, 4) is 0 Å². The van der Waals surface area contributed by atoms with Crippen molar-refractivity contribution < 1.29 is 4.92 Å². The number of nitro groups is 1. The van der Waals surface area contributed by atoms with Crippen molar-refractivity contribution >= 4 is 48.5 Å². The molecule has 0 saturated heterocycles. The molecule has 15 heavy (non-hydrogen) atoms. The van der Waals surface area contributed by atoms with Crippen molar-refractivity contribution in [1.29, 1.82) is 0 Å². The van der Waals surface area contributed by atoms with Crippen LogP contribution in [0.15, 0.2) is 33.3 Å². The van der Waals surface area contributed by atoms with Gasteiger partial charge in [0.25, 0.3) is 5.69 Å². The van der Waals surface area contributed by atoms with E-state index in [1.807, 2.05) is 0 Å². The van der Waals surface area contributed by atoms with Crippen molar-refractivity contribution in [2.75, 3.05) is 0 Å². The third-order valence-corrected chi connectivity index (χ3v) is 2.94. The molecule has 1 aromatic heterocycles. The SMILES string of the molecule is O=[N+]([O-])c1cc(Br)c2ncc(Br)cc2c1. The Labute approximate surface area is 102 Å². The predicted octanol–water partition coefficient (Wildman–Crippen LogP) is 3.67. The number of aromatic nitrogens is 1. The maximum absolute atomic E-state index is 10.6. The van der Waals surface area contributed by atoms with Gasteiger partial charge in [-0.25, -0.2) is 0 Å². The third kappa shape index (κ3) is 2.00. The van der Waals surface area contributed by atoms with Crippen molar-refractivity contribution in [1.82, 2.24) is 4.98 Å². The Hall–Kier alpha value is -1.01. The lowest BCUT2D eigenvalue weighted by Crippen LogP contribution is -1.89. The van der Waals surface area contributed by atoms with E-state index in [9.17, 15) is 10.1 Å². The van der Waals surface area contributed by atoms with Gasteiger partial charge >= 0.3 is 0 Å². The number of hydrogen-bond acceptors (Lipinski definition) is 3. The van der Waals surface area contributed by atoms with Crippen LogP contribution in [-0.2, 0) is 0 Å². The fraction of sp³-hybridized carbons (Fsp3) is 0. The number of hydrogen-bond donors (Lipinski definition) is 0. The van der Waals surface area contributed by atoms with Crippen LogP contribution < -0.4 is 0 Å². The molecule has 4 nitrogen and oxygen atoms in total. The zero-order valence-corrected chi connectivity index (χ0v) is 10.4. The number of non-ortho nitro benzene ring substituents is 1. The monoisotopic (exact) mass is 330 g/mol.